The number of aromatic carboxylic acids is 1. The summed E-state index contributed by atoms with van der Waals surface area (Å²) in [6.07, 6.45) is 2.20. The summed E-state index contributed by atoms with van der Waals surface area (Å²) in [7, 11) is 1.61. The Morgan fingerprint density at radius 2 is 2.43 bits per heavy atom. The fraction of sp³-hybridized carbons (Fsp3) is 0.556. The number of methoxy groups -OCH3 is 1. The van der Waals surface area contributed by atoms with E-state index in [1.807, 2.05) is 11.5 Å². The lowest BCUT2D eigenvalue weighted by atomic mass is 10.2. The van der Waals surface area contributed by atoms with Crippen molar-refractivity contribution in [1.29, 1.82) is 0 Å². The van der Waals surface area contributed by atoms with E-state index in [2.05, 4.69) is 4.98 Å². The van der Waals surface area contributed by atoms with Crippen molar-refractivity contribution in [1.82, 2.24) is 9.55 Å². The van der Waals surface area contributed by atoms with Crippen LogP contribution in [0.1, 0.15) is 23.1 Å². The van der Waals surface area contributed by atoms with Gasteiger partial charge in [-0.1, -0.05) is 6.92 Å². The standard InChI is InChI=1S/C9H14N2O3/c1-3-7-8(9(12)13)10-6-11(7)4-5-14-2/h6H,3-5H2,1-2H3,(H,12,13). The number of nitrogens with zero attached hydrogens (tertiary/aromatic N) is 2. The molecule has 0 saturated carbocycles. The Kier molecular flexibility index (Phi) is 3.64. The predicted molar refractivity (Wildman–Crippen MR) is 50.4 cm³/mol. The Morgan fingerprint density at radius 3 is 2.93 bits per heavy atom. The van der Waals surface area contributed by atoms with Gasteiger partial charge >= 0.3 is 5.97 Å². The van der Waals surface area contributed by atoms with Gasteiger partial charge in [0.1, 0.15) is 0 Å². The third-order valence-corrected chi connectivity index (χ3v) is 2.02. The summed E-state index contributed by atoms with van der Waals surface area (Å²) >= 11 is 0. The predicted octanol–water partition coefficient (Wildman–Crippen LogP) is 0.790. The maximum absolute atomic E-state index is 10.8. The van der Waals surface area contributed by atoms with Crippen LogP contribution in [0.25, 0.3) is 0 Å². The van der Waals surface area contributed by atoms with E-state index >= 15 is 0 Å². The first-order valence-corrected chi connectivity index (χ1v) is 4.47. The van der Waals surface area contributed by atoms with E-state index in [1.165, 1.54) is 0 Å². The van der Waals surface area contributed by atoms with E-state index in [1.54, 1.807) is 13.4 Å². The van der Waals surface area contributed by atoms with Crippen molar-refractivity contribution in [3.63, 3.8) is 0 Å². The van der Waals surface area contributed by atoms with Gasteiger partial charge in [-0.25, -0.2) is 9.78 Å². The summed E-state index contributed by atoms with van der Waals surface area (Å²) in [5, 5.41) is 8.83. The number of imidazole rings is 1. The Hall–Kier alpha value is -1.36. The minimum absolute atomic E-state index is 0.142. The van der Waals surface area contributed by atoms with Crippen LogP contribution in [0.4, 0.5) is 0 Å². The van der Waals surface area contributed by atoms with Gasteiger partial charge in [-0.3, -0.25) is 0 Å². The van der Waals surface area contributed by atoms with Gasteiger partial charge in [0.15, 0.2) is 5.69 Å². The van der Waals surface area contributed by atoms with E-state index < -0.39 is 5.97 Å². The molecule has 0 radical (unpaired) electrons. The molecule has 1 aromatic heterocycles. The summed E-state index contributed by atoms with van der Waals surface area (Å²) in [6, 6.07) is 0. The molecule has 1 N–H and O–H groups in total. The van der Waals surface area contributed by atoms with Crippen LogP contribution >= 0.6 is 0 Å². The summed E-state index contributed by atoms with van der Waals surface area (Å²) < 4.78 is 6.73. The Balaban J connectivity index is 2.89. The molecule has 1 heterocycles. The molecule has 78 valence electrons. The highest BCUT2D eigenvalue weighted by molar-refractivity contribution is 5.86. The average Bonchev–Trinajstić information content (AvgIpc) is 2.57. The molecule has 0 saturated heterocycles. The number of rotatable bonds is 5. The minimum Gasteiger partial charge on any atom is -0.476 e. The second-order valence-corrected chi connectivity index (χ2v) is 2.88. The zero-order valence-electron chi connectivity index (χ0n) is 8.36. The number of hydrogen-bond acceptors (Lipinski definition) is 3. The largest absolute Gasteiger partial charge is 0.476 e. The highest BCUT2D eigenvalue weighted by Crippen LogP contribution is 2.08. The zero-order valence-corrected chi connectivity index (χ0v) is 8.36. The van der Waals surface area contributed by atoms with Crippen LogP contribution in [-0.2, 0) is 17.7 Å². The second kappa shape index (κ2) is 4.76. The van der Waals surface area contributed by atoms with Gasteiger partial charge in [0, 0.05) is 13.7 Å². The summed E-state index contributed by atoms with van der Waals surface area (Å²) in [6.45, 7) is 3.11. The molecule has 0 fully saturated rings. The molecule has 0 aliphatic heterocycles. The fourth-order valence-electron chi connectivity index (χ4n) is 1.34. The first kappa shape index (κ1) is 10.7. The number of carboxylic acid groups (broad SMARTS) is 1. The van der Waals surface area contributed by atoms with Crippen molar-refractivity contribution in [3.8, 4) is 0 Å². The van der Waals surface area contributed by atoms with Crippen molar-refractivity contribution in [2.24, 2.45) is 0 Å². The average molecular weight is 198 g/mol. The van der Waals surface area contributed by atoms with Crippen LogP contribution < -0.4 is 0 Å². The van der Waals surface area contributed by atoms with Crippen molar-refractivity contribution in [3.05, 3.63) is 17.7 Å². The Morgan fingerprint density at radius 1 is 1.71 bits per heavy atom. The van der Waals surface area contributed by atoms with Crippen molar-refractivity contribution < 1.29 is 14.6 Å². The minimum atomic E-state index is -0.974. The first-order valence-electron chi connectivity index (χ1n) is 4.47. The van der Waals surface area contributed by atoms with Crippen LogP contribution in [0, 0.1) is 0 Å². The number of carboxylic acids is 1. The molecule has 5 heteroatoms. The van der Waals surface area contributed by atoms with E-state index in [0.717, 1.165) is 5.69 Å². The SMILES string of the molecule is CCc1c(C(=O)O)ncn1CCOC. The number of carbonyl (C=O) groups is 1. The third-order valence-electron chi connectivity index (χ3n) is 2.02. The van der Waals surface area contributed by atoms with Gasteiger partial charge in [-0.15, -0.1) is 0 Å². The molecule has 5 nitrogen and oxygen atoms in total. The maximum Gasteiger partial charge on any atom is 0.356 e. The molecule has 0 amide bonds. The van der Waals surface area contributed by atoms with Crippen LogP contribution in [0.15, 0.2) is 6.33 Å². The molecule has 0 aromatic carbocycles. The Labute approximate surface area is 82.3 Å². The van der Waals surface area contributed by atoms with Gasteiger partial charge in [0.05, 0.1) is 18.6 Å². The molecule has 1 aromatic rings. The molecule has 0 unspecified atom stereocenters. The zero-order chi connectivity index (χ0) is 10.6. The van der Waals surface area contributed by atoms with Gasteiger partial charge in [0.25, 0.3) is 0 Å². The number of aromatic nitrogens is 2. The second-order valence-electron chi connectivity index (χ2n) is 2.88. The lowest BCUT2D eigenvalue weighted by Gasteiger charge is -2.05. The smallest absolute Gasteiger partial charge is 0.356 e. The van der Waals surface area contributed by atoms with Crippen LogP contribution in [0.3, 0.4) is 0 Å². The van der Waals surface area contributed by atoms with Gasteiger partial charge in [-0.05, 0) is 6.42 Å². The fourth-order valence-corrected chi connectivity index (χ4v) is 1.34. The first-order chi connectivity index (χ1) is 6.70. The van der Waals surface area contributed by atoms with E-state index in [4.69, 9.17) is 9.84 Å². The van der Waals surface area contributed by atoms with Crippen molar-refractivity contribution >= 4 is 5.97 Å². The Bertz CT molecular complexity index is 320. The summed E-state index contributed by atoms with van der Waals surface area (Å²) in [5.74, 6) is -0.974. The third kappa shape index (κ3) is 2.11. The van der Waals surface area contributed by atoms with Crippen LogP contribution in [-0.4, -0.2) is 34.3 Å². The molecule has 14 heavy (non-hydrogen) atoms. The molecule has 0 spiro atoms. The monoisotopic (exact) mass is 198 g/mol. The molecule has 0 aliphatic rings. The number of hydrogen-bond donors (Lipinski definition) is 1. The lowest BCUT2D eigenvalue weighted by molar-refractivity contribution is 0.0689. The maximum atomic E-state index is 10.8. The molecule has 1 rings (SSSR count). The topological polar surface area (TPSA) is 64.3 Å². The van der Waals surface area contributed by atoms with Gasteiger partial charge in [0.2, 0.25) is 0 Å². The molecular weight excluding hydrogens is 184 g/mol. The highest BCUT2D eigenvalue weighted by atomic mass is 16.5. The molecule has 0 aliphatic carbocycles. The lowest BCUT2D eigenvalue weighted by Crippen LogP contribution is -2.09. The molecule has 0 bridgehead atoms. The van der Waals surface area contributed by atoms with E-state index in [-0.39, 0.29) is 5.69 Å². The van der Waals surface area contributed by atoms with Crippen molar-refractivity contribution in [2.75, 3.05) is 13.7 Å². The highest BCUT2D eigenvalue weighted by Gasteiger charge is 2.14. The summed E-state index contributed by atoms with van der Waals surface area (Å²) in [5.41, 5.74) is 0.887. The van der Waals surface area contributed by atoms with E-state index in [0.29, 0.717) is 19.6 Å². The summed E-state index contributed by atoms with van der Waals surface area (Å²) in [4.78, 5) is 14.6. The quantitative estimate of drug-likeness (QED) is 0.759. The molecule has 0 atom stereocenters. The molecular formula is C9H14N2O3. The van der Waals surface area contributed by atoms with Crippen LogP contribution in [0.5, 0.6) is 0 Å². The number of ether oxygens (including phenoxy) is 1. The van der Waals surface area contributed by atoms with Gasteiger partial charge in [-0.2, -0.15) is 0 Å². The van der Waals surface area contributed by atoms with Crippen LogP contribution in [0.2, 0.25) is 0 Å². The van der Waals surface area contributed by atoms with Crippen molar-refractivity contribution in [2.45, 2.75) is 19.9 Å². The van der Waals surface area contributed by atoms with Gasteiger partial charge < -0.3 is 14.4 Å². The normalized spacial score (nSPS) is 10.4. The van der Waals surface area contributed by atoms with E-state index in [9.17, 15) is 4.79 Å².